The Morgan fingerprint density at radius 1 is 1.16 bits per heavy atom. The maximum atomic E-state index is 12.3. The van der Waals surface area contributed by atoms with Crippen molar-refractivity contribution in [1.82, 2.24) is 9.97 Å². The summed E-state index contributed by atoms with van der Waals surface area (Å²) in [7, 11) is 0. The van der Waals surface area contributed by atoms with Crippen molar-refractivity contribution in [3.8, 4) is 5.75 Å². The SMILES string of the molecule is Cc1ccc(OCCOC(=O)c2sc3nc(C)[nH]c(=O)c3c2C)cc1. The summed E-state index contributed by atoms with van der Waals surface area (Å²) in [6, 6.07) is 7.64. The molecule has 0 saturated heterocycles. The summed E-state index contributed by atoms with van der Waals surface area (Å²) in [5.41, 5.74) is 1.51. The van der Waals surface area contributed by atoms with Gasteiger partial charge in [-0.3, -0.25) is 4.79 Å². The molecular weight excluding hydrogens is 340 g/mol. The number of ether oxygens (including phenoxy) is 2. The molecule has 0 aliphatic rings. The summed E-state index contributed by atoms with van der Waals surface area (Å²) in [5.74, 6) is 0.779. The second kappa shape index (κ2) is 7.06. The largest absolute Gasteiger partial charge is 0.490 e. The van der Waals surface area contributed by atoms with Crippen molar-refractivity contribution in [2.45, 2.75) is 20.8 Å². The van der Waals surface area contributed by atoms with E-state index in [4.69, 9.17) is 9.47 Å². The zero-order chi connectivity index (χ0) is 18.0. The average molecular weight is 358 g/mol. The molecule has 0 unspecified atom stereocenters. The van der Waals surface area contributed by atoms with Gasteiger partial charge in [0.25, 0.3) is 5.56 Å². The summed E-state index contributed by atoms with van der Waals surface area (Å²) < 4.78 is 10.8. The van der Waals surface area contributed by atoms with Gasteiger partial charge in [0.05, 0.1) is 5.39 Å². The monoisotopic (exact) mass is 358 g/mol. The number of carbonyl (C=O) groups is 1. The highest BCUT2D eigenvalue weighted by atomic mass is 32.1. The molecule has 6 nitrogen and oxygen atoms in total. The molecule has 0 saturated carbocycles. The van der Waals surface area contributed by atoms with Crippen LogP contribution in [0.2, 0.25) is 0 Å². The number of rotatable bonds is 5. The molecule has 130 valence electrons. The maximum absolute atomic E-state index is 12.3. The summed E-state index contributed by atoms with van der Waals surface area (Å²) in [4.78, 5) is 32.2. The number of H-pyrrole nitrogens is 1. The molecular formula is C18H18N2O4S. The lowest BCUT2D eigenvalue weighted by atomic mass is 10.2. The fraction of sp³-hybridized carbons (Fsp3) is 0.278. The predicted molar refractivity (Wildman–Crippen MR) is 96.7 cm³/mol. The number of esters is 1. The average Bonchev–Trinajstić information content (AvgIpc) is 2.90. The predicted octanol–water partition coefficient (Wildman–Crippen LogP) is 3.15. The number of aromatic nitrogens is 2. The molecule has 2 heterocycles. The van der Waals surface area contributed by atoms with Crippen LogP contribution in [0.3, 0.4) is 0 Å². The standard InChI is InChI=1S/C18H18N2O4S/c1-10-4-6-13(7-5-10)23-8-9-24-18(22)15-11(2)14-16(21)19-12(3)20-17(14)25-15/h4-7H,8-9H2,1-3H3,(H,19,20,21). The topological polar surface area (TPSA) is 81.3 Å². The molecule has 7 heteroatoms. The van der Waals surface area contributed by atoms with Gasteiger partial charge < -0.3 is 14.5 Å². The second-order valence-corrected chi connectivity index (χ2v) is 6.68. The molecule has 0 aliphatic heterocycles. The van der Waals surface area contributed by atoms with E-state index in [0.717, 1.165) is 11.3 Å². The fourth-order valence-electron chi connectivity index (χ4n) is 2.44. The fourth-order valence-corrected chi connectivity index (χ4v) is 3.56. The van der Waals surface area contributed by atoms with E-state index in [1.54, 1.807) is 13.8 Å². The highest BCUT2D eigenvalue weighted by Crippen LogP contribution is 2.27. The Morgan fingerprint density at radius 3 is 2.60 bits per heavy atom. The van der Waals surface area contributed by atoms with Gasteiger partial charge in [0.1, 0.15) is 34.5 Å². The van der Waals surface area contributed by atoms with Gasteiger partial charge in [-0.15, -0.1) is 11.3 Å². The summed E-state index contributed by atoms with van der Waals surface area (Å²) in [6.07, 6.45) is 0. The van der Waals surface area contributed by atoms with E-state index < -0.39 is 5.97 Å². The van der Waals surface area contributed by atoms with E-state index in [1.807, 2.05) is 31.2 Å². The number of nitrogens with one attached hydrogen (secondary N) is 1. The van der Waals surface area contributed by atoms with Crippen molar-refractivity contribution >= 4 is 27.5 Å². The zero-order valence-corrected chi connectivity index (χ0v) is 15.0. The number of benzene rings is 1. The van der Waals surface area contributed by atoms with Crippen LogP contribution >= 0.6 is 11.3 Å². The van der Waals surface area contributed by atoms with Crippen LogP contribution in [0, 0.1) is 20.8 Å². The van der Waals surface area contributed by atoms with Crippen LogP contribution < -0.4 is 10.3 Å². The van der Waals surface area contributed by atoms with Crippen molar-refractivity contribution in [3.05, 3.63) is 56.4 Å². The van der Waals surface area contributed by atoms with Gasteiger partial charge in [-0.1, -0.05) is 17.7 Å². The first-order chi connectivity index (χ1) is 12.0. The molecule has 3 rings (SSSR count). The van der Waals surface area contributed by atoms with Crippen LogP contribution in [-0.2, 0) is 4.74 Å². The van der Waals surface area contributed by atoms with Gasteiger partial charge in [0.2, 0.25) is 0 Å². The van der Waals surface area contributed by atoms with Gasteiger partial charge in [-0.2, -0.15) is 0 Å². The van der Waals surface area contributed by atoms with Crippen LogP contribution in [0.25, 0.3) is 10.2 Å². The smallest absolute Gasteiger partial charge is 0.348 e. The van der Waals surface area contributed by atoms with Crippen molar-refractivity contribution in [3.63, 3.8) is 0 Å². The van der Waals surface area contributed by atoms with Crippen LogP contribution in [0.4, 0.5) is 0 Å². The first kappa shape index (κ1) is 17.2. The number of aryl methyl sites for hydroxylation is 3. The maximum Gasteiger partial charge on any atom is 0.348 e. The number of hydrogen-bond donors (Lipinski definition) is 1. The van der Waals surface area contributed by atoms with Crippen LogP contribution in [0.5, 0.6) is 5.75 Å². The molecule has 0 amide bonds. The Hall–Kier alpha value is -2.67. The third-order valence-electron chi connectivity index (χ3n) is 3.71. The van der Waals surface area contributed by atoms with Gasteiger partial charge in [-0.05, 0) is 38.5 Å². The van der Waals surface area contributed by atoms with Crippen LogP contribution in [0.15, 0.2) is 29.1 Å². The molecule has 3 aromatic rings. The number of aromatic amines is 1. The van der Waals surface area contributed by atoms with E-state index in [0.29, 0.717) is 26.5 Å². The third-order valence-corrected chi connectivity index (χ3v) is 4.88. The molecule has 0 bridgehead atoms. The molecule has 25 heavy (non-hydrogen) atoms. The minimum absolute atomic E-state index is 0.128. The molecule has 0 fully saturated rings. The van der Waals surface area contributed by atoms with Gasteiger partial charge in [-0.25, -0.2) is 9.78 Å². The molecule has 0 aliphatic carbocycles. The van der Waals surface area contributed by atoms with Gasteiger partial charge in [0.15, 0.2) is 0 Å². The van der Waals surface area contributed by atoms with Gasteiger partial charge >= 0.3 is 5.97 Å². The lowest BCUT2D eigenvalue weighted by Gasteiger charge is -2.07. The Kier molecular flexibility index (Phi) is 4.85. The Morgan fingerprint density at radius 2 is 1.88 bits per heavy atom. The number of fused-ring (bicyclic) bond motifs is 1. The number of nitrogens with zero attached hydrogens (tertiary/aromatic N) is 1. The van der Waals surface area contributed by atoms with Crippen molar-refractivity contribution in [2.75, 3.05) is 13.2 Å². The van der Waals surface area contributed by atoms with Crippen LogP contribution in [0.1, 0.15) is 26.6 Å². The van der Waals surface area contributed by atoms with E-state index in [9.17, 15) is 9.59 Å². The number of hydrogen-bond acceptors (Lipinski definition) is 6. The lowest BCUT2D eigenvalue weighted by Crippen LogP contribution is -2.13. The Labute approximate surface area is 148 Å². The first-order valence-corrected chi connectivity index (χ1v) is 8.64. The minimum atomic E-state index is -0.468. The highest BCUT2D eigenvalue weighted by Gasteiger charge is 2.20. The van der Waals surface area contributed by atoms with Crippen molar-refractivity contribution in [1.29, 1.82) is 0 Å². The highest BCUT2D eigenvalue weighted by molar-refractivity contribution is 7.20. The number of carbonyl (C=O) groups excluding carboxylic acids is 1. The summed E-state index contributed by atoms with van der Waals surface area (Å²) >= 11 is 1.17. The van der Waals surface area contributed by atoms with E-state index in [1.165, 1.54) is 11.3 Å². The molecule has 0 atom stereocenters. The van der Waals surface area contributed by atoms with Crippen LogP contribution in [-0.4, -0.2) is 29.2 Å². The Bertz CT molecular complexity index is 973. The molecule has 2 aromatic heterocycles. The second-order valence-electron chi connectivity index (χ2n) is 5.69. The van der Waals surface area contributed by atoms with E-state index >= 15 is 0 Å². The molecule has 1 aromatic carbocycles. The normalized spacial score (nSPS) is 10.8. The lowest BCUT2D eigenvalue weighted by molar-refractivity contribution is 0.0455. The number of thiophene rings is 1. The molecule has 1 N–H and O–H groups in total. The third kappa shape index (κ3) is 3.71. The van der Waals surface area contributed by atoms with E-state index in [2.05, 4.69) is 9.97 Å². The van der Waals surface area contributed by atoms with E-state index in [-0.39, 0.29) is 18.8 Å². The summed E-state index contributed by atoms with van der Waals surface area (Å²) in [6.45, 7) is 5.82. The minimum Gasteiger partial charge on any atom is -0.490 e. The molecule has 0 radical (unpaired) electrons. The zero-order valence-electron chi connectivity index (χ0n) is 14.2. The summed E-state index contributed by atoms with van der Waals surface area (Å²) in [5, 5.41) is 0.443. The molecule has 0 spiro atoms. The first-order valence-electron chi connectivity index (χ1n) is 7.82. The van der Waals surface area contributed by atoms with Crippen molar-refractivity contribution in [2.24, 2.45) is 0 Å². The Balaban J connectivity index is 1.64. The quantitative estimate of drug-likeness (QED) is 0.560. The van der Waals surface area contributed by atoms with Gasteiger partial charge in [0, 0.05) is 0 Å². The van der Waals surface area contributed by atoms with Crippen molar-refractivity contribution < 1.29 is 14.3 Å².